The summed E-state index contributed by atoms with van der Waals surface area (Å²) in [6, 6.07) is 14.1. The second-order valence-corrected chi connectivity index (χ2v) is 7.55. The van der Waals surface area contributed by atoms with Gasteiger partial charge in [-0.25, -0.2) is 4.98 Å². The van der Waals surface area contributed by atoms with Crippen molar-refractivity contribution < 1.29 is 19.6 Å². The van der Waals surface area contributed by atoms with E-state index in [0.29, 0.717) is 18.5 Å². The smallest absolute Gasteiger partial charge is 0.426 e. The Morgan fingerprint density at radius 2 is 1.73 bits per heavy atom. The summed E-state index contributed by atoms with van der Waals surface area (Å²) in [6.07, 6.45) is 7.58. The van der Waals surface area contributed by atoms with Gasteiger partial charge >= 0.3 is 7.12 Å². The summed E-state index contributed by atoms with van der Waals surface area (Å²) in [5.74, 6) is -2.00. The summed E-state index contributed by atoms with van der Waals surface area (Å²) >= 11 is 0. The Morgan fingerprint density at radius 1 is 0.939 bits per heavy atom. The molecule has 9 nitrogen and oxygen atoms in total. The molecule has 1 unspecified atom stereocenters. The summed E-state index contributed by atoms with van der Waals surface area (Å²) in [6.45, 7) is 0. The van der Waals surface area contributed by atoms with Crippen molar-refractivity contribution >= 4 is 18.9 Å². The lowest BCUT2D eigenvalue weighted by molar-refractivity contribution is -0.123. The zero-order valence-electron chi connectivity index (χ0n) is 18.0. The lowest BCUT2D eigenvalue weighted by Crippen LogP contribution is -2.54. The van der Waals surface area contributed by atoms with Crippen LogP contribution in [0.25, 0.3) is 0 Å². The van der Waals surface area contributed by atoms with E-state index in [2.05, 4.69) is 25.6 Å². The van der Waals surface area contributed by atoms with E-state index in [4.69, 9.17) is 0 Å². The van der Waals surface area contributed by atoms with Gasteiger partial charge in [-0.1, -0.05) is 36.4 Å². The molecule has 0 radical (unpaired) electrons. The van der Waals surface area contributed by atoms with Crippen molar-refractivity contribution in [1.29, 1.82) is 0 Å². The molecule has 33 heavy (non-hydrogen) atoms. The zero-order chi connectivity index (χ0) is 23.5. The zero-order valence-corrected chi connectivity index (χ0v) is 18.0. The van der Waals surface area contributed by atoms with Crippen molar-refractivity contribution in [1.82, 2.24) is 25.6 Å². The molecule has 2 amide bonds. The van der Waals surface area contributed by atoms with E-state index in [9.17, 15) is 19.6 Å². The van der Waals surface area contributed by atoms with E-state index in [1.165, 1.54) is 18.6 Å². The summed E-state index contributed by atoms with van der Waals surface area (Å²) in [5.41, 5.74) is 1.79. The Bertz CT molecular complexity index is 1010. The van der Waals surface area contributed by atoms with Gasteiger partial charge in [0, 0.05) is 30.7 Å². The van der Waals surface area contributed by atoms with Crippen LogP contribution in [0, 0.1) is 0 Å². The maximum Gasteiger partial charge on any atom is 0.475 e. The van der Waals surface area contributed by atoms with Crippen LogP contribution < -0.4 is 10.6 Å². The molecule has 0 fully saturated rings. The van der Waals surface area contributed by atoms with Gasteiger partial charge in [0.25, 0.3) is 5.91 Å². The third-order valence-electron chi connectivity index (χ3n) is 5.07. The second-order valence-electron chi connectivity index (χ2n) is 7.55. The Hall–Kier alpha value is -3.63. The minimum Gasteiger partial charge on any atom is -0.426 e. The normalized spacial score (nSPS) is 12.4. The van der Waals surface area contributed by atoms with Crippen molar-refractivity contribution in [2.45, 2.75) is 37.7 Å². The minimum absolute atomic E-state index is 0.0675. The molecule has 0 saturated carbocycles. The van der Waals surface area contributed by atoms with Gasteiger partial charge in [-0.15, -0.1) is 0 Å². The average Bonchev–Trinajstić information content (AvgIpc) is 2.84. The van der Waals surface area contributed by atoms with Gasteiger partial charge in [0.1, 0.15) is 11.7 Å². The number of aryl methyl sites for hydroxylation is 1. The van der Waals surface area contributed by atoms with E-state index in [-0.39, 0.29) is 12.1 Å². The van der Waals surface area contributed by atoms with E-state index in [1.54, 1.807) is 24.4 Å². The first-order valence-electron chi connectivity index (χ1n) is 10.7. The Morgan fingerprint density at radius 3 is 2.39 bits per heavy atom. The molecule has 2 heterocycles. The number of carbonyl (C=O) groups is 2. The largest absolute Gasteiger partial charge is 0.475 e. The molecule has 3 aromatic rings. The van der Waals surface area contributed by atoms with Gasteiger partial charge in [-0.05, 0) is 37.0 Å². The first kappa shape index (κ1) is 24.0. The molecule has 3 rings (SSSR count). The number of benzene rings is 1. The van der Waals surface area contributed by atoms with Gasteiger partial charge in [0.05, 0.1) is 12.1 Å². The van der Waals surface area contributed by atoms with Gasteiger partial charge in [0.2, 0.25) is 5.91 Å². The lowest BCUT2D eigenvalue weighted by Gasteiger charge is -2.23. The average molecular weight is 447 g/mol. The number of nitrogens with zero attached hydrogens (tertiary/aromatic N) is 3. The summed E-state index contributed by atoms with van der Waals surface area (Å²) in [4.78, 5) is 37.7. The van der Waals surface area contributed by atoms with Crippen molar-refractivity contribution in [3.63, 3.8) is 0 Å². The molecule has 4 N–H and O–H groups in total. The first-order valence-corrected chi connectivity index (χ1v) is 10.7. The number of carbonyl (C=O) groups excluding carboxylic acids is 2. The fourth-order valence-electron chi connectivity index (χ4n) is 3.34. The minimum atomic E-state index is -1.74. The SMILES string of the molecule is O=C(NC(Cc1ccccn1)C(=O)N[C@@H](CCCc1ccccc1)B(O)O)c1cnccn1. The molecule has 170 valence electrons. The molecule has 0 aliphatic heterocycles. The highest BCUT2D eigenvalue weighted by atomic mass is 16.4. The topological polar surface area (TPSA) is 137 Å². The fraction of sp³-hybridized carbons (Fsp3) is 0.261. The predicted octanol–water partition coefficient (Wildman–Crippen LogP) is 0.732. The van der Waals surface area contributed by atoms with Crippen LogP contribution in [0.5, 0.6) is 0 Å². The molecule has 10 heteroatoms. The Balaban J connectivity index is 1.66. The molecule has 2 atom stereocenters. The number of hydrogen-bond acceptors (Lipinski definition) is 7. The van der Waals surface area contributed by atoms with Crippen LogP contribution in [0.4, 0.5) is 0 Å². The molecule has 1 aromatic carbocycles. The molecular formula is C23H26BN5O4. The molecule has 0 aliphatic rings. The second kappa shape index (κ2) is 12.4. The first-order chi connectivity index (χ1) is 16.0. The summed E-state index contributed by atoms with van der Waals surface area (Å²) in [7, 11) is -1.74. The third kappa shape index (κ3) is 7.78. The van der Waals surface area contributed by atoms with Crippen molar-refractivity contribution in [3.05, 3.63) is 90.3 Å². The molecular weight excluding hydrogens is 421 g/mol. The fourth-order valence-corrected chi connectivity index (χ4v) is 3.34. The monoisotopic (exact) mass is 447 g/mol. The third-order valence-corrected chi connectivity index (χ3v) is 5.07. The van der Waals surface area contributed by atoms with Gasteiger partial charge in [-0.2, -0.15) is 0 Å². The van der Waals surface area contributed by atoms with Gasteiger partial charge < -0.3 is 20.7 Å². The number of amides is 2. The number of aromatic nitrogens is 3. The molecule has 2 aromatic heterocycles. The van der Waals surface area contributed by atoms with E-state index in [1.807, 2.05) is 30.3 Å². The van der Waals surface area contributed by atoms with Crippen LogP contribution in [0.15, 0.2) is 73.3 Å². The summed E-state index contributed by atoms with van der Waals surface area (Å²) < 4.78 is 0. The quantitative estimate of drug-likeness (QED) is 0.318. The van der Waals surface area contributed by atoms with Crippen LogP contribution >= 0.6 is 0 Å². The van der Waals surface area contributed by atoms with E-state index < -0.39 is 30.9 Å². The number of pyridine rings is 1. The Labute approximate surface area is 192 Å². The molecule has 0 bridgehead atoms. The number of hydrogen-bond donors (Lipinski definition) is 4. The Kier molecular flexibility index (Phi) is 9.04. The van der Waals surface area contributed by atoms with E-state index >= 15 is 0 Å². The molecule has 0 saturated heterocycles. The highest BCUT2D eigenvalue weighted by molar-refractivity contribution is 6.43. The number of rotatable bonds is 11. The lowest BCUT2D eigenvalue weighted by atomic mass is 9.76. The molecule has 0 spiro atoms. The maximum absolute atomic E-state index is 13.1. The van der Waals surface area contributed by atoms with Crippen LogP contribution in [0.2, 0.25) is 0 Å². The number of nitrogens with one attached hydrogen (secondary N) is 2. The summed E-state index contributed by atoms with van der Waals surface area (Å²) in [5, 5.41) is 24.9. The van der Waals surface area contributed by atoms with Crippen molar-refractivity contribution in [2.24, 2.45) is 0 Å². The maximum atomic E-state index is 13.1. The van der Waals surface area contributed by atoms with Crippen molar-refractivity contribution in [2.75, 3.05) is 0 Å². The van der Waals surface area contributed by atoms with Crippen LogP contribution in [-0.4, -0.2) is 55.9 Å². The standard InChI is InChI=1S/C23H26BN5O4/c30-22(29-21(24(32)33)11-6-9-17-7-2-1-3-8-17)19(15-18-10-4-5-12-26-18)28-23(31)20-16-25-13-14-27-20/h1-5,7-8,10,12-14,16,19,21,32-33H,6,9,11,15H2,(H,28,31)(H,29,30)/t19?,21-/m0/s1. The van der Waals surface area contributed by atoms with Gasteiger partial charge in [-0.3, -0.25) is 19.6 Å². The molecule has 0 aliphatic carbocycles. The highest BCUT2D eigenvalue weighted by Gasteiger charge is 2.30. The van der Waals surface area contributed by atoms with Crippen LogP contribution in [-0.2, 0) is 17.6 Å². The predicted molar refractivity (Wildman–Crippen MR) is 123 cm³/mol. The van der Waals surface area contributed by atoms with E-state index in [0.717, 1.165) is 12.0 Å². The van der Waals surface area contributed by atoms with Crippen molar-refractivity contribution in [3.8, 4) is 0 Å². The van der Waals surface area contributed by atoms with Crippen LogP contribution in [0.3, 0.4) is 0 Å². The highest BCUT2D eigenvalue weighted by Crippen LogP contribution is 2.09. The van der Waals surface area contributed by atoms with Crippen LogP contribution in [0.1, 0.15) is 34.6 Å². The van der Waals surface area contributed by atoms with Gasteiger partial charge in [0.15, 0.2) is 0 Å².